The number of halogens is 8. The Hall–Kier alpha value is -6.92. The van der Waals surface area contributed by atoms with Gasteiger partial charge in [0.25, 0.3) is 0 Å². The van der Waals surface area contributed by atoms with Crippen LogP contribution in [0.25, 0.3) is 22.3 Å². The average molecular weight is 949 g/mol. The highest BCUT2D eigenvalue weighted by Crippen LogP contribution is 2.35. The van der Waals surface area contributed by atoms with E-state index in [2.05, 4.69) is 30.1 Å². The van der Waals surface area contributed by atoms with E-state index in [1.54, 1.807) is 24.5 Å². The molecule has 2 aliphatic heterocycles. The van der Waals surface area contributed by atoms with Crippen molar-refractivity contribution < 1.29 is 64.4 Å². The molecule has 0 unspecified atom stereocenters. The van der Waals surface area contributed by atoms with E-state index in [9.17, 15) is 54.9 Å². The Morgan fingerprint density at radius 3 is 1.37 bits per heavy atom. The number of carbonyl (C=O) groups is 2. The number of nitrogens with zero attached hydrogens (tertiary/aromatic N) is 2. The zero-order valence-corrected chi connectivity index (χ0v) is 36.1. The standard InChI is InChI=1S/2C25H22F4N2O3/c2*26-22-12-18(34-14-25(27,28)29)3-5-19(22)15-1-4-20-16(11-15)7-10-31-23(20)6-2-17-13-30-9-8-21(17)24(32)33/h2*1,3-5,8-9,11-13,23,31H,2,6-7,10,14H2,(H,32,33)/t2*23-/m10/s1. The highest BCUT2D eigenvalue weighted by Gasteiger charge is 2.30. The molecule has 2 atom stereocenters. The molecule has 0 bridgehead atoms. The van der Waals surface area contributed by atoms with E-state index in [0.29, 0.717) is 61.0 Å². The maximum Gasteiger partial charge on any atom is 0.422 e. The van der Waals surface area contributed by atoms with Crippen molar-refractivity contribution in [1.29, 1.82) is 0 Å². The molecule has 4 aromatic carbocycles. The molecule has 2 aromatic heterocycles. The van der Waals surface area contributed by atoms with E-state index in [0.717, 1.165) is 47.2 Å². The zero-order chi connectivity index (χ0) is 48.6. The number of carboxylic acid groups (broad SMARTS) is 2. The van der Waals surface area contributed by atoms with E-state index >= 15 is 0 Å². The fourth-order valence-corrected chi connectivity index (χ4v) is 8.40. The molecular formula is C50H44F8N4O6. The molecule has 0 saturated carbocycles. The van der Waals surface area contributed by atoms with Gasteiger partial charge in [0.1, 0.15) is 23.1 Å². The highest BCUT2D eigenvalue weighted by atomic mass is 19.4. The van der Waals surface area contributed by atoms with Gasteiger partial charge in [0.05, 0.1) is 11.1 Å². The number of aryl methyl sites for hydroxylation is 2. The number of rotatable bonds is 14. The first-order valence-corrected chi connectivity index (χ1v) is 21.5. The minimum Gasteiger partial charge on any atom is -0.484 e. The smallest absolute Gasteiger partial charge is 0.422 e. The van der Waals surface area contributed by atoms with Crippen LogP contribution in [0, 0.1) is 11.6 Å². The minimum atomic E-state index is -4.50. The van der Waals surface area contributed by atoms with Crippen molar-refractivity contribution in [1.82, 2.24) is 20.6 Å². The molecule has 10 nitrogen and oxygen atoms in total. The zero-order valence-electron chi connectivity index (χ0n) is 36.1. The summed E-state index contributed by atoms with van der Waals surface area (Å²) >= 11 is 0. The van der Waals surface area contributed by atoms with E-state index in [-0.39, 0.29) is 45.8 Å². The molecule has 18 heteroatoms. The molecule has 0 fully saturated rings. The Kier molecular flexibility index (Phi) is 15.4. The average Bonchev–Trinajstić information content (AvgIpc) is 3.31. The van der Waals surface area contributed by atoms with Crippen LogP contribution in [0.5, 0.6) is 11.5 Å². The van der Waals surface area contributed by atoms with Gasteiger partial charge >= 0.3 is 24.3 Å². The van der Waals surface area contributed by atoms with E-state index < -0.39 is 49.1 Å². The number of aromatic carboxylic acids is 2. The van der Waals surface area contributed by atoms with E-state index in [1.165, 1.54) is 48.8 Å². The van der Waals surface area contributed by atoms with Gasteiger partial charge in [-0.3, -0.25) is 9.97 Å². The van der Waals surface area contributed by atoms with Gasteiger partial charge in [-0.05, 0) is 133 Å². The van der Waals surface area contributed by atoms with Crippen LogP contribution < -0.4 is 20.1 Å². The number of alkyl halides is 6. The summed E-state index contributed by atoms with van der Waals surface area (Å²) in [7, 11) is 0. The monoisotopic (exact) mass is 948 g/mol. The number of fused-ring (bicyclic) bond motifs is 2. The van der Waals surface area contributed by atoms with Gasteiger partial charge in [-0.25, -0.2) is 18.4 Å². The predicted molar refractivity (Wildman–Crippen MR) is 235 cm³/mol. The number of benzene rings is 4. The first kappa shape index (κ1) is 49.0. The van der Waals surface area contributed by atoms with Crippen LogP contribution in [0.4, 0.5) is 35.1 Å². The number of carboxylic acids is 2. The Morgan fingerprint density at radius 2 is 1.00 bits per heavy atom. The fraction of sp³-hybridized carbons (Fsp3) is 0.280. The third-order valence-electron chi connectivity index (χ3n) is 11.6. The molecule has 356 valence electrons. The molecule has 8 rings (SSSR count). The molecule has 4 N–H and O–H groups in total. The predicted octanol–water partition coefficient (Wildman–Crippen LogP) is 10.7. The molecule has 68 heavy (non-hydrogen) atoms. The first-order valence-electron chi connectivity index (χ1n) is 21.5. The number of ether oxygens (including phenoxy) is 2. The summed E-state index contributed by atoms with van der Waals surface area (Å²) in [5.74, 6) is -3.67. The summed E-state index contributed by atoms with van der Waals surface area (Å²) in [4.78, 5) is 31.0. The lowest BCUT2D eigenvalue weighted by Gasteiger charge is -2.28. The van der Waals surface area contributed by atoms with Crippen molar-refractivity contribution in [3.63, 3.8) is 0 Å². The summed E-state index contributed by atoms with van der Waals surface area (Å²) in [6, 6.07) is 21.5. The number of pyridine rings is 2. The molecule has 2 aliphatic rings. The van der Waals surface area contributed by atoms with E-state index in [4.69, 9.17) is 0 Å². The van der Waals surface area contributed by atoms with Gasteiger partial charge < -0.3 is 30.3 Å². The molecule has 0 radical (unpaired) electrons. The van der Waals surface area contributed by atoms with Crippen molar-refractivity contribution in [2.75, 3.05) is 26.3 Å². The third kappa shape index (κ3) is 12.7. The van der Waals surface area contributed by atoms with Crippen molar-refractivity contribution in [3.05, 3.63) is 166 Å². The number of hydrogen-bond donors (Lipinski definition) is 4. The largest absolute Gasteiger partial charge is 0.484 e. The van der Waals surface area contributed by atoms with Crippen molar-refractivity contribution >= 4 is 11.9 Å². The second-order valence-corrected chi connectivity index (χ2v) is 16.2. The van der Waals surface area contributed by atoms with Gasteiger partial charge in [0.2, 0.25) is 0 Å². The molecule has 0 spiro atoms. The lowest BCUT2D eigenvalue weighted by atomic mass is 9.88. The summed E-state index contributed by atoms with van der Waals surface area (Å²) in [6.07, 6.45) is 0.925. The Balaban J connectivity index is 0.000000201. The van der Waals surface area contributed by atoms with Crippen LogP contribution in [0.2, 0.25) is 0 Å². The second-order valence-electron chi connectivity index (χ2n) is 16.2. The lowest BCUT2D eigenvalue weighted by molar-refractivity contribution is -0.154. The molecule has 4 heterocycles. The van der Waals surface area contributed by atoms with Crippen LogP contribution in [-0.2, 0) is 25.7 Å². The van der Waals surface area contributed by atoms with Crippen molar-refractivity contribution in [2.45, 2.75) is 63.0 Å². The summed E-state index contributed by atoms with van der Waals surface area (Å²) in [5, 5.41) is 25.6. The van der Waals surface area contributed by atoms with Crippen molar-refractivity contribution in [3.8, 4) is 33.8 Å². The fourth-order valence-electron chi connectivity index (χ4n) is 8.40. The molecule has 0 amide bonds. The van der Waals surface area contributed by atoms with E-state index in [1.807, 2.05) is 24.3 Å². The van der Waals surface area contributed by atoms with Crippen LogP contribution in [-0.4, -0.2) is 70.8 Å². The Labute approximate surface area is 385 Å². The van der Waals surface area contributed by atoms with Crippen LogP contribution in [0.3, 0.4) is 0 Å². The topological polar surface area (TPSA) is 143 Å². The highest BCUT2D eigenvalue weighted by molar-refractivity contribution is 5.89. The first-order chi connectivity index (χ1) is 32.4. The van der Waals surface area contributed by atoms with Gasteiger partial charge in [-0.1, -0.05) is 36.4 Å². The SMILES string of the molecule is O=C(O)c1ccncc1CC[C@@H]1NCCc2cc(-c3ccc(OCC(F)(F)F)cc3F)ccc21.O=C(O)c1ccncc1CC[C@H]1NCCc2cc(-c3ccc(OCC(F)(F)F)cc3F)ccc21. The summed E-state index contributed by atoms with van der Waals surface area (Å²) in [6.45, 7) is -1.53. The summed E-state index contributed by atoms with van der Waals surface area (Å²) in [5.41, 5.74) is 7.80. The molecule has 0 saturated heterocycles. The minimum absolute atomic E-state index is 0.00245. The maximum atomic E-state index is 14.6. The molecular weight excluding hydrogens is 905 g/mol. The van der Waals surface area contributed by atoms with Crippen molar-refractivity contribution in [2.24, 2.45) is 0 Å². The number of aromatic nitrogens is 2. The Morgan fingerprint density at radius 1 is 0.588 bits per heavy atom. The van der Waals surface area contributed by atoms with Crippen LogP contribution in [0.15, 0.2) is 110 Å². The quantitative estimate of drug-likeness (QED) is 0.0780. The Bertz CT molecular complexity index is 2580. The van der Waals surface area contributed by atoms with Gasteiger partial charge in [-0.2, -0.15) is 26.3 Å². The molecule has 6 aromatic rings. The lowest BCUT2D eigenvalue weighted by Crippen LogP contribution is -2.30. The molecule has 0 aliphatic carbocycles. The maximum absolute atomic E-state index is 14.6. The van der Waals surface area contributed by atoms with Crippen LogP contribution >= 0.6 is 0 Å². The van der Waals surface area contributed by atoms with Crippen LogP contribution in [0.1, 0.15) is 79.0 Å². The second kappa shape index (κ2) is 21.4. The number of hydrogen-bond acceptors (Lipinski definition) is 8. The van der Waals surface area contributed by atoms with Gasteiger partial charge in [0, 0.05) is 60.1 Å². The third-order valence-corrected chi connectivity index (χ3v) is 11.6. The normalized spacial score (nSPS) is 15.6. The van der Waals surface area contributed by atoms with Gasteiger partial charge in [-0.15, -0.1) is 0 Å². The number of nitrogens with one attached hydrogen (secondary N) is 2. The summed E-state index contributed by atoms with van der Waals surface area (Å²) < 4.78 is 113. The van der Waals surface area contributed by atoms with Gasteiger partial charge in [0.15, 0.2) is 13.2 Å².